The van der Waals surface area contributed by atoms with E-state index in [4.69, 9.17) is 0 Å². The van der Waals surface area contributed by atoms with E-state index in [2.05, 4.69) is 51.7 Å². The van der Waals surface area contributed by atoms with E-state index in [-0.39, 0.29) is 11.9 Å². The van der Waals surface area contributed by atoms with Gasteiger partial charge in [0.15, 0.2) is 0 Å². The summed E-state index contributed by atoms with van der Waals surface area (Å²) in [6.45, 7) is 0.738. The number of carbonyl (C=O) groups is 1. The molecular weight excluding hydrogens is 414 g/mol. The summed E-state index contributed by atoms with van der Waals surface area (Å²) in [5.41, 5.74) is 5.45. The summed E-state index contributed by atoms with van der Waals surface area (Å²) in [5, 5.41) is 4.32. The van der Waals surface area contributed by atoms with Gasteiger partial charge < -0.3 is 9.47 Å². The molecule has 0 saturated carbocycles. The highest BCUT2D eigenvalue weighted by Gasteiger charge is 2.33. The first kappa shape index (κ1) is 19.3. The molecule has 4 nitrogen and oxygen atoms in total. The second kappa shape index (κ2) is 7.61. The second-order valence-electron chi connectivity index (χ2n) is 8.48. The van der Waals surface area contributed by atoms with Gasteiger partial charge in [0.2, 0.25) is 0 Å². The van der Waals surface area contributed by atoms with Crippen molar-refractivity contribution in [2.24, 2.45) is 7.05 Å². The highest BCUT2D eigenvalue weighted by molar-refractivity contribution is 7.10. The van der Waals surface area contributed by atoms with Gasteiger partial charge in [-0.3, -0.25) is 9.78 Å². The molecule has 1 aliphatic heterocycles. The maximum absolute atomic E-state index is 13.9. The molecule has 0 aliphatic carbocycles. The number of aromatic nitrogens is 2. The van der Waals surface area contributed by atoms with Crippen LogP contribution in [-0.2, 0) is 19.9 Å². The van der Waals surface area contributed by atoms with Crippen LogP contribution in [0.2, 0.25) is 0 Å². The number of nitrogens with zero attached hydrogens (tertiary/aromatic N) is 3. The van der Waals surface area contributed by atoms with Crippen molar-refractivity contribution in [2.75, 3.05) is 6.54 Å². The third-order valence-corrected chi connectivity index (χ3v) is 7.63. The lowest BCUT2D eigenvalue weighted by atomic mass is 9.94. The number of fused-ring (bicyclic) bond motifs is 3. The lowest BCUT2D eigenvalue weighted by Crippen LogP contribution is -2.40. The number of thiophene rings is 1. The molecule has 1 unspecified atom stereocenters. The minimum atomic E-state index is 0.0337. The van der Waals surface area contributed by atoms with Gasteiger partial charge in [-0.1, -0.05) is 36.4 Å². The van der Waals surface area contributed by atoms with E-state index in [0.717, 1.165) is 46.8 Å². The van der Waals surface area contributed by atoms with Crippen molar-refractivity contribution in [1.82, 2.24) is 14.5 Å². The van der Waals surface area contributed by atoms with Gasteiger partial charge in [-0.25, -0.2) is 0 Å². The third-order valence-electron chi connectivity index (χ3n) is 6.57. The maximum atomic E-state index is 13.9. The number of benzene rings is 2. The van der Waals surface area contributed by atoms with E-state index in [9.17, 15) is 4.79 Å². The molecule has 0 saturated heterocycles. The Bertz CT molecular complexity index is 1460. The van der Waals surface area contributed by atoms with Crippen molar-refractivity contribution in [3.05, 3.63) is 100 Å². The molecule has 6 rings (SSSR count). The SMILES string of the molecule is Cn1cc(C(=O)N2CCc3ccsc3C2Cc2ccc3cccnc3c2)c2ccccc21. The van der Waals surface area contributed by atoms with Crippen molar-refractivity contribution in [1.29, 1.82) is 0 Å². The fourth-order valence-electron chi connectivity index (χ4n) is 4.96. The summed E-state index contributed by atoms with van der Waals surface area (Å²) in [4.78, 5) is 21.8. The van der Waals surface area contributed by atoms with Crippen LogP contribution in [0.25, 0.3) is 21.8 Å². The monoisotopic (exact) mass is 437 g/mol. The summed E-state index contributed by atoms with van der Waals surface area (Å²) in [6, 6.07) is 20.9. The quantitative estimate of drug-likeness (QED) is 0.359. The van der Waals surface area contributed by atoms with Gasteiger partial charge in [-0.15, -0.1) is 11.3 Å². The Labute approximate surface area is 190 Å². The lowest BCUT2D eigenvalue weighted by molar-refractivity contribution is 0.0666. The van der Waals surface area contributed by atoms with Gasteiger partial charge in [0.25, 0.3) is 5.91 Å². The summed E-state index contributed by atoms with van der Waals surface area (Å²) in [6.07, 6.45) is 5.51. The Morgan fingerprint density at radius 2 is 2.03 bits per heavy atom. The molecule has 158 valence electrons. The van der Waals surface area contributed by atoms with E-state index >= 15 is 0 Å². The van der Waals surface area contributed by atoms with Crippen LogP contribution in [0.4, 0.5) is 0 Å². The van der Waals surface area contributed by atoms with Gasteiger partial charge in [0.1, 0.15) is 0 Å². The smallest absolute Gasteiger partial charge is 0.256 e. The van der Waals surface area contributed by atoms with Crippen molar-refractivity contribution >= 4 is 39.0 Å². The van der Waals surface area contributed by atoms with Gasteiger partial charge >= 0.3 is 0 Å². The van der Waals surface area contributed by atoms with Crippen LogP contribution in [-0.4, -0.2) is 26.9 Å². The third kappa shape index (κ3) is 3.12. The fraction of sp³-hybridized carbons (Fsp3) is 0.185. The molecule has 2 aromatic carbocycles. The van der Waals surface area contributed by atoms with Crippen LogP contribution < -0.4 is 0 Å². The first-order chi connectivity index (χ1) is 15.7. The Kier molecular flexibility index (Phi) is 4.58. The number of amides is 1. The predicted octanol–water partition coefficient (Wildman–Crippen LogP) is 5.77. The van der Waals surface area contributed by atoms with Gasteiger partial charge in [-0.2, -0.15) is 0 Å². The topological polar surface area (TPSA) is 38.1 Å². The first-order valence-electron chi connectivity index (χ1n) is 10.9. The van der Waals surface area contributed by atoms with E-state index in [1.54, 1.807) is 11.3 Å². The zero-order valence-corrected chi connectivity index (χ0v) is 18.7. The molecule has 3 aromatic heterocycles. The standard InChI is InChI=1S/C27H23N3OS/c1-29-17-22(21-6-2-3-7-24(21)29)27(31)30-13-10-20-11-14-32-26(20)25(30)16-18-8-9-19-5-4-12-28-23(19)15-18/h2-9,11-12,14-15,17,25H,10,13,16H2,1H3. The van der Waals surface area contributed by atoms with E-state index < -0.39 is 0 Å². The number of para-hydroxylation sites is 1. The molecule has 0 spiro atoms. The molecule has 0 fully saturated rings. The van der Waals surface area contributed by atoms with Gasteiger partial charge in [0, 0.05) is 47.2 Å². The molecule has 4 heterocycles. The van der Waals surface area contributed by atoms with Crippen molar-refractivity contribution in [2.45, 2.75) is 18.9 Å². The molecule has 1 atom stereocenters. The minimum Gasteiger partial charge on any atom is -0.350 e. The van der Waals surface area contributed by atoms with Crippen molar-refractivity contribution in [3.63, 3.8) is 0 Å². The summed E-state index contributed by atoms with van der Waals surface area (Å²) < 4.78 is 2.05. The average Bonchev–Trinajstić information content (AvgIpc) is 3.44. The lowest BCUT2D eigenvalue weighted by Gasteiger charge is -2.36. The highest BCUT2D eigenvalue weighted by Crippen LogP contribution is 2.38. The molecule has 32 heavy (non-hydrogen) atoms. The molecule has 1 aliphatic rings. The summed E-state index contributed by atoms with van der Waals surface area (Å²) >= 11 is 1.77. The van der Waals surface area contributed by atoms with Crippen LogP contribution in [0.3, 0.4) is 0 Å². The average molecular weight is 438 g/mol. The molecule has 0 bridgehead atoms. The fourth-order valence-corrected chi connectivity index (χ4v) is 6.03. The number of carbonyl (C=O) groups excluding carboxylic acids is 1. The van der Waals surface area contributed by atoms with Crippen molar-refractivity contribution < 1.29 is 4.79 Å². The molecule has 1 amide bonds. The molecular formula is C27H23N3OS. The number of hydrogen-bond acceptors (Lipinski definition) is 3. The number of aryl methyl sites for hydroxylation is 1. The second-order valence-corrected chi connectivity index (χ2v) is 9.43. The van der Waals surface area contributed by atoms with E-state index in [1.165, 1.54) is 16.0 Å². The Balaban J connectivity index is 1.41. The van der Waals surface area contributed by atoms with Crippen LogP contribution in [0.1, 0.15) is 32.4 Å². The van der Waals surface area contributed by atoms with Crippen LogP contribution in [0, 0.1) is 0 Å². The molecule has 5 heteroatoms. The normalized spacial score (nSPS) is 15.9. The van der Waals surface area contributed by atoms with Crippen molar-refractivity contribution in [3.8, 4) is 0 Å². The molecule has 5 aromatic rings. The zero-order valence-electron chi connectivity index (χ0n) is 17.9. The number of hydrogen-bond donors (Lipinski definition) is 0. The number of rotatable bonds is 3. The van der Waals surface area contributed by atoms with Gasteiger partial charge in [-0.05, 0) is 53.6 Å². The maximum Gasteiger partial charge on any atom is 0.256 e. The molecule has 0 radical (unpaired) electrons. The zero-order chi connectivity index (χ0) is 21.7. The summed E-state index contributed by atoms with van der Waals surface area (Å²) in [5.74, 6) is 0.116. The predicted molar refractivity (Wildman–Crippen MR) is 130 cm³/mol. The Morgan fingerprint density at radius 1 is 1.12 bits per heavy atom. The summed E-state index contributed by atoms with van der Waals surface area (Å²) in [7, 11) is 2.01. The largest absolute Gasteiger partial charge is 0.350 e. The molecule has 0 N–H and O–H groups in total. The van der Waals surface area contributed by atoms with E-state index in [1.807, 2.05) is 48.3 Å². The minimum absolute atomic E-state index is 0.0337. The van der Waals surface area contributed by atoms with Crippen LogP contribution in [0.15, 0.2) is 78.4 Å². The number of pyridine rings is 1. The van der Waals surface area contributed by atoms with Crippen LogP contribution in [0.5, 0.6) is 0 Å². The Hall–Kier alpha value is -3.44. The van der Waals surface area contributed by atoms with Crippen LogP contribution >= 0.6 is 11.3 Å². The Morgan fingerprint density at radius 3 is 2.97 bits per heavy atom. The van der Waals surface area contributed by atoms with E-state index in [0.29, 0.717) is 0 Å². The highest BCUT2D eigenvalue weighted by atomic mass is 32.1. The first-order valence-corrected chi connectivity index (χ1v) is 11.8. The van der Waals surface area contributed by atoms with Gasteiger partial charge in [0.05, 0.1) is 17.1 Å².